The van der Waals surface area contributed by atoms with E-state index in [2.05, 4.69) is 27.3 Å². The molecule has 5 nitrogen and oxygen atoms in total. The molecule has 2 aromatic rings. The van der Waals surface area contributed by atoms with Crippen molar-refractivity contribution in [1.29, 1.82) is 0 Å². The first-order valence-electron chi connectivity index (χ1n) is 8.85. The van der Waals surface area contributed by atoms with Crippen molar-refractivity contribution in [3.63, 3.8) is 0 Å². The minimum atomic E-state index is 0.137. The Morgan fingerprint density at radius 1 is 1.38 bits per heavy atom. The highest BCUT2D eigenvalue weighted by atomic mass is 35.5. The number of para-hydroxylation sites is 1. The zero-order valence-electron chi connectivity index (χ0n) is 15.9. The smallest absolute Gasteiger partial charge is 0.193 e. The lowest BCUT2D eigenvalue weighted by molar-refractivity contribution is 0.402. The van der Waals surface area contributed by atoms with Crippen molar-refractivity contribution in [2.75, 3.05) is 27.7 Å². The molecule has 1 aromatic heterocycles. The standard InChI is InChI=1S/C20H27ClN4O/c1-22-19(25(3)13-16-11-15(21)12-24(16)2)23-14-20(9-10-20)17-7-5-6-8-18(17)26-4/h5-8,11-12H,9-10,13-14H2,1-4H3,(H,22,23). The third-order valence-corrected chi connectivity index (χ3v) is 5.37. The molecule has 1 aliphatic carbocycles. The lowest BCUT2D eigenvalue weighted by atomic mass is 9.95. The summed E-state index contributed by atoms with van der Waals surface area (Å²) in [6, 6.07) is 10.3. The number of guanidine groups is 1. The number of methoxy groups -OCH3 is 1. The number of aromatic nitrogens is 1. The molecular weight excluding hydrogens is 348 g/mol. The van der Waals surface area contributed by atoms with Gasteiger partial charge in [-0.3, -0.25) is 4.99 Å². The molecule has 1 heterocycles. The molecule has 6 heteroatoms. The average molecular weight is 375 g/mol. The van der Waals surface area contributed by atoms with Gasteiger partial charge < -0.3 is 19.5 Å². The molecule has 0 aliphatic heterocycles. The molecule has 1 fully saturated rings. The SMILES string of the molecule is CN=C(NCC1(c2ccccc2OC)CC1)N(C)Cc1cc(Cl)cn1C. The molecule has 0 saturated heterocycles. The van der Waals surface area contributed by atoms with Crippen molar-refractivity contribution in [3.8, 4) is 5.75 Å². The molecule has 1 aliphatic rings. The van der Waals surface area contributed by atoms with Gasteiger partial charge in [0.1, 0.15) is 5.75 Å². The van der Waals surface area contributed by atoms with Gasteiger partial charge in [-0.05, 0) is 25.0 Å². The first-order chi connectivity index (χ1) is 12.5. The summed E-state index contributed by atoms with van der Waals surface area (Å²) in [4.78, 5) is 6.56. The third-order valence-electron chi connectivity index (χ3n) is 5.16. The molecule has 0 unspecified atom stereocenters. The van der Waals surface area contributed by atoms with Crippen LogP contribution < -0.4 is 10.1 Å². The van der Waals surface area contributed by atoms with Crippen LogP contribution in [-0.4, -0.2) is 43.2 Å². The van der Waals surface area contributed by atoms with Gasteiger partial charge >= 0.3 is 0 Å². The second-order valence-electron chi connectivity index (χ2n) is 7.00. The number of hydrogen-bond acceptors (Lipinski definition) is 2. The number of nitrogens with zero attached hydrogens (tertiary/aromatic N) is 3. The van der Waals surface area contributed by atoms with Gasteiger partial charge in [-0.25, -0.2) is 0 Å². The summed E-state index contributed by atoms with van der Waals surface area (Å²) in [6.45, 7) is 1.59. The van der Waals surface area contributed by atoms with E-state index in [1.54, 1.807) is 7.11 Å². The molecule has 1 N–H and O–H groups in total. The minimum Gasteiger partial charge on any atom is -0.496 e. The van der Waals surface area contributed by atoms with Gasteiger partial charge in [0, 0.05) is 50.6 Å². The summed E-state index contributed by atoms with van der Waals surface area (Å²) in [7, 11) is 7.60. The van der Waals surface area contributed by atoms with Gasteiger partial charge in [-0.2, -0.15) is 0 Å². The predicted molar refractivity (Wildman–Crippen MR) is 107 cm³/mol. The molecule has 1 aromatic carbocycles. The van der Waals surface area contributed by atoms with E-state index in [9.17, 15) is 0 Å². The highest BCUT2D eigenvalue weighted by Gasteiger charge is 2.46. The highest BCUT2D eigenvalue weighted by molar-refractivity contribution is 6.30. The number of rotatable bonds is 6. The summed E-state index contributed by atoms with van der Waals surface area (Å²) >= 11 is 6.09. The Balaban J connectivity index is 1.66. The average Bonchev–Trinajstić information content (AvgIpc) is 3.35. The van der Waals surface area contributed by atoms with E-state index in [1.165, 1.54) is 5.56 Å². The van der Waals surface area contributed by atoms with Crippen LogP contribution in [-0.2, 0) is 19.0 Å². The van der Waals surface area contributed by atoms with Crippen LogP contribution in [0, 0.1) is 0 Å². The minimum absolute atomic E-state index is 0.137. The fourth-order valence-corrected chi connectivity index (χ4v) is 3.72. The van der Waals surface area contributed by atoms with E-state index >= 15 is 0 Å². The zero-order chi connectivity index (χ0) is 18.7. The highest BCUT2D eigenvalue weighted by Crippen LogP contribution is 2.50. The molecule has 3 rings (SSSR count). The maximum absolute atomic E-state index is 6.09. The number of nitrogens with one attached hydrogen (secondary N) is 1. The van der Waals surface area contributed by atoms with Crippen LogP contribution in [0.2, 0.25) is 5.02 Å². The van der Waals surface area contributed by atoms with Gasteiger partial charge in [-0.15, -0.1) is 0 Å². The van der Waals surface area contributed by atoms with Crippen molar-refractivity contribution in [1.82, 2.24) is 14.8 Å². The van der Waals surface area contributed by atoms with Crippen LogP contribution in [0.15, 0.2) is 41.5 Å². The Hall–Kier alpha value is -2.14. The first kappa shape index (κ1) is 18.6. The topological polar surface area (TPSA) is 41.8 Å². The molecule has 0 radical (unpaired) electrons. The molecular formula is C20H27ClN4O. The first-order valence-corrected chi connectivity index (χ1v) is 9.23. The Kier molecular flexibility index (Phi) is 5.47. The summed E-state index contributed by atoms with van der Waals surface area (Å²) in [6.07, 6.45) is 4.24. The lowest BCUT2D eigenvalue weighted by Crippen LogP contribution is -2.42. The van der Waals surface area contributed by atoms with E-state index in [0.29, 0.717) is 0 Å². The summed E-state index contributed by atoms with van der Waals surface area (Å²) in [5, 5.41) is 4.30. The van der Waals surface area contributed by atoms with Gasteiger partial charge in [-0.1, -0.05) is 29.8 Å². The molecule has 26 heavy (non-hydrogen) atoms. The van der Waals surface area contributed by atoms with Crippen LogP contribution in [0.3, 0.4) is 0 Å². The molecule has 0 amide bonds. The number of aryl methyl sites for hydroxylation is 1. The molecule has 1 saturated carbocycles. The number of aliphatic imine (C=N–C) groups is 1. The van der Waals surface area contributed by atoms with Crippen molar-refractivity contribution >= 4 is 17.6 Å². The zero-order valence-corrected chi connectivity index (χ0v) is 16.7. The van der Waals surface area contributed by atoms with Crippen LogP contribution >= 0.6 is 11.6 Å². The van der Waals surface area contributed by atoms with Gasteiger partial charge in [0.05, 0.1) is 18.7 Å². The second kappa shape index (κ2) is 7.62. The van der Waals surface area contributed by atoms with Crippen molar-refractivity contribution in [3.05, 3.63) is 52.8 Å². The van der Waals surface area contributed by atoms with Crippen LogP contribution in [0.1, 0.15) is 24.1 Å². The van der Waals surface area contributed by atoms with Crippen LogP contribution in [0.25, 0.3) is 0 Å². The van der Waals surface area contributed by atoms with Crippen molar-refractivity contribution < 1.29 is 4.74 Å². The fraction of sp³-hybridized carbons (Fsp3) is 0.450. The van der Waals surface area contributed by atoms with E-state index in [1.807, 2.05) is 50.1 Å². The van der Waals surface area contributed by atoms with Gasteiger partial charge in [0.25, 0.3) is 0 Å². The number of hydrogen-bond donors (Lipinski definition) is 1. The van der Waals surface area contributed by atoms with Gasteiger partial charge in [0.2, 0.25) is 0 Å². The summed E-state index contributed by atoms with van der Waals surface area (Å²) in [5.74, 6) is 1.84. The number of halogens is 1. The van der Waals surface area contributed by atoms with E-state index in [0.717, 1.165) is 48.4 Å². The van der Waals surface area contributed by atoms with Crippen molar-refractivity contribution in [2.45, 2.75) is 24.8 Å². The molecule has 140 valence electrons. The fourth-order valence-electron chi connectivity index (χ4n) is 3.45. The van der Waals surface area contributed by atoms with Crippen LogP contribution in [0.4, 0.5) is 0 Å². The lowest BCUT2D eigenvalue weighted by Gasteiger charge is -2.25. The summed E-state index contributed by atoms with van der Waals surface area (Å²) < 4.78 is 7.61. The maximum Gasteiger partial charge on any atom is 0.193 e. The van der Waals surface area contributed by atoms with E-state index in [4.69, 9.17) is 16.3 Å². The maximum atomic E-state index is 6.09. The van der Waals surface area contributed by atoms with Crippen LogP contribution in [0.5, 0.6) is 5.75 Å². The molecule has 0 spiro atoms. The number of benzene rings is 1. The second-order valence-corrected chi connectivity index (χ2v) is 7.43. The van der Waals surface area contributed by atoms with E-state index in [-0.39, 0.29) is 5.41 Å². The van der Waals surface area contributed by atoms with Crippen molar-refractivity contribution in [2.24, 2.45) is 12.0 Å². The molecule has 0 bridgehead atoms. The Labute approximate surface area is 160 Å². The quantitative estimate of drug-likeness (QED) is 0.622. The normalized spacial score (nSPS) is 15.7. The third kappa shape index (κ3) is 3.83. The Morgan fingerprint density at radius 3 is 2.69 bits per heavy atom. The predicted octanol–water partition coefficient (Wildman–Crippen LogP) is 3.43. The number of ether oxygens (including phenoxy) is 1. The monoisotopic (exact) mass is 374 g/mol. The van der Waals surface area contributed by atoms with E-state index < -0.39 is 0 Å². The Morgan fingerprint density at radius 2 is 2.12 bits per heavy atom. The largest absolute Gasteiger partial charge is 0.496 e. The summed E-state index contributed by atoms with van der Waals surface area (Å²) in [5.41, 5.74) is 2.56. The Bertz CT molecular complexity index is 795. The van der Waals surface area contributed by atoms with Gasteiger partial charge in [0.15, 0.2) is 5.96 Å². The molecule has 0 atom stereocenters.